The lowest BCUT2D eigenvalue weighted by atomic mass is 10.0. The molecule has 30 heavy (non-hydrogen) atoms. The molecular weight excluding hydrogens is 389 g/mol. The Morgan fingerprint density at radius 2 is 1.90 bits per heavy atom. The number of nitrogens with zero attached hydrogens (tertiary/aromatic N) is 1. The Morgan fingerprint density at radius 3 is 2.60 bits per heavy atom. The number of ether oxygens (including phenoxy) is 1. The molecule has 0 spiro atoms. The van der Waals surface area contributed by atoms with Crippen LogP contribution >= 0.6 is 0 Å². The highest BCUT2D eigenvalue weighted by molar-refractivity contribution is 5.91. The summed E-state index contributed by atoms with van der Waals surface area (Å²) in [7, 11) is 0. The van der Waals surface area contributed by atoms with Crippen LogP contribution in [0.25, 0.3) is 0 Å². The molecule has 0 aliphatic carbocycles. The van der Waals surface area contributed by atoms with Crippen LogP contribution in [0.2, 0.25) is 0 Å². The molecule has 2 amide bonds. The minimum Gasteiger partial charge on any atom is -0.486 e. The summed E-state index contributed by atoms with van der Waals surface area (Å²) in [6.07, 6.45) is 2.49. The first-order valence-electron chi connectivity index (χ1n) is 10.3. The Kier molecular flexibility index (Phi) is 7.84. The fourth-order valence-corrected chi connectivity index (χ4v) is 3.28. The zero-order valence-electron chi connectivity index (χ0n) is 17.2. The monoisotopic (exact) mass is 417 g/mol. The number of amides is 2. The van der Waals surface area contributed by atoms with Crippen LogP contribution in [-0.4, -0.2) is 48.9 Å². The number of hydrogen-bond donors (Lipinski definition) is 2. The molecule has 1 fully saturated rings. The number of nitrogens with one attached hydrogen (secondary N) is 2. The maximum absolute atomic E-state index is 12.9. The van der Waals surface area contributed by atoms with E-state index in [9.17, 15) is 14.0 Å². The van der Waals surface area contributed by atoms with E-state index in [2.05, 4.69) is 15.5 Å². The van der Waals surface area contributed by atoms with Crippen molar-refractivity contribution in [3.05, 3.63) is 53.7 Å². The summed E-state index contributed by atoms with van der Waals surface area (Å²) >= 11 is 0. The van der Waals surface area contributed by atoms with Gasteiger partial charge in [0.2, 0.25) is 5.91 Å². The van der Waals surface area contributed by atoms with E-state index < -0.39 is 0 Å². The molecule has 0 bridgehead atoms. The molecule has 0 radical (unpaired) electrons. The van der Waals surface area contributed by atoms with Gasteiger partial charge in [-0.3, -0.25) is 14.5 Å². The Morgan fingerprint density at radius 1 is 1.17 bits per heavy atom. The molecule has 7 nitrogen and oxygen atoms in total. The van der Waals surface area contributed by atoms with Gasteiger partial charge in [0.25, 0.3) is 5.91 Å². The van der Waals surface area contributed by atoms with Gasteiger partial charge in [-0.25, -0.2) is 4.39 Å². The van der Waals surface area contributed by atoms with E-state index in [-0.39, 0.29) is 36.0 Å². The normalized spacial score (nSPS) is 15.0. The number of furan rings is 1. The molecule has 2 N–H and O–H groups in total. The highest BCUT2D eigenvalue weighted by Crippen LogP contribution is 2.16. The Balaban J connectivity index is 1.40. The third kappa shape index (κ3) is 6.59. The summed E-state index contributed by atoms with van der Waals surface area (Å²) in [4.78, 5) is 26.4. The third-order valence-corrected chi connectivity index (χ3v) is 4.94. The van der Waals surface area contributed by atoms with Gasteiger partial charge >= 0.3 is 0 Å². The second kappa shape index (κ2) is 10.8. The molecule has 2 heterocycles. The van der Waals surface area contributed by atoms with Crippen LogP contribution in [0.3, 0.4) is 0 Å². The number of hydrogen-bond acceptors (Lipinski definition) is 5. The summed E-state index contributed by atoms with van der Waals surface area (Å²) < 4.78 is 24.0. The predicted molar refractivity (Wildman–Crippen MR) is 110 cm³/mol. The van der Waals surface area contributed by atoms with E-state index in [0.717, 1.165) is 32.4 Å². The van der Waals surface area contributed by atoms with Crippen molar-refractivity contribution >= 4 is 11.8 Å². The van der Waals surface area contributed by atoms with Crippen molar-refractivity contribution in [3.8, 4) is 5.75 Å². The van der Waals surface area contributed by atoms with Crippen molar-refractivity contribution in [2.75, 3.05) is 26.2 Å². The number of benzene rings is 1. The average Bonchev–Trinajstić information content (AvgIpc) is 3.22. The number of piperidine rings is 1. The largest absolute Gasteiger partial charge is 0.486 e. The standard InChI is InChI=1S/C22H28FN3O4/c1-2-11-24-21(27)14-26-12-9-17(10-13-26)25-22(28)20-8-7-19(30-20)15-29-18-5-3-16(23)4-6-18/h3-8,17H,2,9-15H2,1H3,(H,24,27)(H,25,28). The minimum absolute atomic E-state index is 0.0466. The summed E-state index contributed by atoms with van der Waals surface area (Å²) in [5.41, 5.74) is 0. The number of carbonyl (C=O) groups is 2. The lowest BCUT2D eigenvalue weighted by Crippen LogP contribution is -2.47. The second-order valence-corrected chi connectivity index (χ2v) is 7.38. The first kappa shape index (κ1) is 21.8. The first-order valence-corrected chi connectivity index (χ1v) is 10.3. The Bertz CT molecular complexity index is 829. The number of carbonyl (C=O) groups excluding carboxylic acids is 2. The molecule has 162 valence electrons. The maximum Gasteiger partial charge on any atom is 0.287 e. The Labute approximate surface area is 175 Å². The SMILES string of the molecule is CCCNC(=O)CN1CCC(NC(=O)c2ccc(COc3ccc(F)cc3)o2)CC1. The van der Waals surface area contributed by atoms with Crippen LogP contribution in [-0.2, 0) is 11.4 Å². The number of likely N-dealkylation sites (tertiary alicyclic amines) is 1. The Hall–Kier alpha value is -2.87. The average molecular weight is 417 g/mol. The van der Waals surface area contributed by atoms with Crippen molar-refractivity contribution < 1.29 is 23.1 Å². The summed E-state index contributed by atoms with van der Waals surface area (Å²) in [6.45, 7) is 4.80. The van der Waals surface area contributed by atoms with Gasteiger partial charge in [0.15, 0.2) is 5.76 Å². The molecule has 0 atom stereocenters. The summed E-state index contributed by atoms with van der Waals surface area (Å²) in [5.74, 6) is 0.720. The molecule has 1 saturated heterocycles. The molecule has 0 unspecified atom stereocenters. The molecule has 1 aromatic heterocycles. The van der Waals surface area contributed by atoms with E-state index in [1.165, 1.54) is 24.3 Å². The lowest BCUT2D eigenvalue weighted by Gasteiger charge is -2.31. The quantitative estimate of drug-likeness (QED) is 0.656. The van der Waals surface area contributed by atoms with Gasteiger partial charge in [0.05, 0.1) is 6.54 Å². The van der Waals surface area contributed by atoms with Crippen LogP contribution < -0.4 is 15.4 Å². The van der Waals surface area contributed by atoms with E-state index in [1.54, 1.807) is 12.1 Å². The minimum atomic E-state index is -0.329. The molecular formula is C22H28FN3O4. The van der Waals surface area contributed by atoms with E-state index in [1.807, 2.05) is 6.92 Å². The van der Waals surface area contributed by atoms with Gasteiger partial charge in [-0.15, -0.1) is 0 Å². The van der Waals surface area contributed by atoms with Crippen LogP contribution in [0.1, 0.15) is 42.5 Å². The third-order valence-electron chi connectivity index (χ3n) is 4.94. The van der Waals surface area contributed by atoms with E-state index >= 15 is 0 Å². The van der Waals surface area contributed by atoms with Crippen molar-refractivity contribution in [2.45, 2.75) is 38.8 Å². The van der Waals surface area contributed by atoms with Crippen LogP contribution in [0, 0.1) is 5.82 Å². The highest BCUT2D eigenvalue weighted by atomic mass is 19.1. The van der Waals surface area contributed by atoms with Gasteiger partial charge in [-0.05, 0) is 55.7 Å². The predicted octanol–water partition coefficient (Wildman–Crippen LogP) is 2.72. The van der Waals surface area contributed by atoms with Gasteiger partial charge in [-0.2, -0.15) is 0 Å². The van der Waals surface area contributed by atoms with Gasteiger partial charge < -0.3 is 19.8 Å². The molecule has 1 aromatic carbocycles. The first-order chi connectivity index (χ1) is 14.5. The van der Waals surface area contributed by atoms with Gasteiger partial charge in [-0.1, -0.05) is 6.92 Å². The summed E-state index contributed by atoms with van der Waals surface area (Å²) in [6, 6.07) is 9.06. The maximum atomic E-state index is 12.9. The molecule has 1 aliphatic rings. The van der Waals surface area contributed by atoms with Gasteiger partial charge in [0.1, 0.15) is 23.9 Å². The smallest absolute Gasteiger partial charge is 0.287 e. The molecule has 2 aromatic rings. The zero-order valence-corrected chi connectivity index (χ0v) is 17.2. The van der Waals surface area contributed by atoms with Crippen molar-refractivity contribution in [3.63, 3.8) is 0 Å². The highest BCUT2D eigenvalue weighted by Gasteiger charge is 2.23. The molecule has 0 saturated carbocycles. The fraction of sp³-hybridized carbons (Fsp3) is 0.455. The van der Waals surface area contributed by atoms with E-state index in [0.29, 0.717) is 24.6 Å². The number of rotatable bonds is 9. The van der Waals surface area contributed by atoms with Crippen LogP contribution in [0.4, 0.5) is 4.39 Å². The van der Waals surface area contributed by atoms with Crippen molar-refractivity contribution in [1.82, 2.24) is 15.5 Å². The molecule has 3 rings (SSSR count). The fourth-order valence-electron chi connectivity index (χ4n) is 3.28. The van der Waals surface area contributed by atoms with E-state index in [4.69, 9.17) is 9.15 Å². The zero-order chi connectivity index (χ0) is 21.3. The number of halogens is 1. The molecule has 1 aliphatic heterocycles. The van der Waals surface area contributed by atoms with Gasteiger partial charge in [0, 0.05) is 25.7 Å². The molecule has 8 heteroatoms. The van der Waals surface area contributed by atoms with Crippen LogP contribution in [0.5, 0.6) is 5.75 Å². The van der Waals surface area contributed by atoms with Crippen molar-refractivity contribution in [2.24, 2.45) is 0 Å². The van der Waals surface area contributed by atoms with Crippen LogP contribution in [0.15, 0.2) is 40.8 Å². The summed E-state index contributed by atoms with van der Waals surface area (Å²) in [5, 5.41) is 5.87. The second-order valence-electron chi connectivity index (χ2n) is 7.38. The van der Waals surface area contributed by atoms with Crippen molar-refractivity contribution in [1.29, 1.82) is 0 Å². The topological polar surface area (TPSA) is 83.8 Å². The lowest BCUT2D eigenvalue weighted by molar-refractivity contribution is -0.122.